The number of aliphatic imine (C=N–C) groups is 1. The summed E-state index contributed by atoms with van der Waals surface area (Å²) >= 11 is 0. The second kappa shape index (κ2) is 10.1. The lowest BCUT2D eigenvalue weighted by Gasteiger charge is -2.36. The number of nitrogens with zero attached hydrogens (tertiary/aromatic N) is 3. The summed E-state index contributed by atoms with van der Waals surface area (Å²) < 4.78 is 0. The molecule has 1 aliphatic carbocycles. The van der Waals surface area contributed by atoms with Crippen molar-refractivity contribution in [3.8, 4) is 6.07 Å². The first-order valence-electron chi connectivity index (χ1n) is 12.0. The SMILES string of the molecule is C=CNC(=NC)c1cc(C(=C)N2CCC(c3ccc(C#N)cc3)CC2)c(C)cc1C1CCC1. The molecule has 0 bridgehead atoms. The molecule has 4 nitrogen and oxygen atoms in total. The maximum Gasteiger partial charge on any atom is 0.132 e. The summed E-state index contributed by atoms with van der Waals surface area (Å²) in [7, 11) is 1.83. The number of aryl methyl sites for hydroxylation is 1. The Morgan fingerprint density at radius 1 is 1.09 bits per heavy atom. The van der Waals surface area contributed by atoms with Gasteiger partial charge in [-0.05, 0) is 85.5 Å². The lowest BCUT2D eigenvalue weighted by atomic mass is 9.76. The van der Waals surface area contributed by atoms with E-state index in [9.17, 15) is 0 Å². The van der Waals surface area contributed by atoms with E-state index >= 15 is 0 Å². The van der Waals surface area contributed by atoms with Gasteiger partial charge in [0.1, 0.15) is 5.84 Å². The zero-order chi connectivity index (χ0) is 23.4. The molecule has 1 saturated heterocycles. The van der Waals surface area contributed by atoms with Gasteiger partial charge in [-0.25, -0.2) is 0 Å². The Hall–Kier alpha value is -3.32. The molecule has 1 aliphatic heterocycles. The molecule has 1 N–H and O–H groups in total. The average Bonchev–Trinajstić information content (AvgIpc) is 2.82. The Morgan fingerprint density at radius 3 is 2.33 bits per heavy atom. The summed E-state index contributed by atoms with van der Waals surface area (Å²) in [5, 5.41) is 12.3. The smallest absolute Gasteiger partial charge is 0.132 e. The maximum absolute atomic E-state index is 9.05. The number of amidine groups is 1. The summed E-state index contributed by atoms with van der Waals surface area (Å²) in [5.41, 5.74) is 8.22. The van der Waals surface area contributed by atoms with Crippen molar-refractivity contribution in [2.75, 3.05) is 20.1 Å². The summed E-state index contributed by atoms with van der Waals surface area (Å²) in [6.45, 7) is 12.5. The highest BCUT2D eigenvalue weighted by Gasteiger charge is 2.27. The van der Waals surface area contributed by atoms with E-state index < -0.39 is 0 Å². The number of piperidine rings is 1. The normalized spacial score (nSPS) is 17.2. The number of nitriles is 1. The van der Waals surface area contributed by atoms with E-state index in [1.807, 2.05) is 19.2 Å². The van der Waals surface area contributed by atoms with E-state index in [1.54, 1.807) is 6.20 Å². The van der Waals surface area contributed by atoms with Gasteiger partial charge in [0.2, 0.25) is 0 Å². The van der Waals surface area contributed by atoms with E-state index in [1.165, 1.54) is 47.1 Å². The van der Waals surface area contributed by atoms with Crippen LogP contribution in [0.25, 0.3) is 5.70 Å². The zero-order valence-electron chi connectivity index (χ0n) is 19.9. The van der Waals surface area contributed by atoms with Crippen molar-refractivity contribution in [1.29, 1.82) is 5.26 Å². The third-order valence-corrected chi connectivity index (χ3v) is 7.36. The van der Waals surface area contributed by atoms with E-state index in [4.69, 9.17) is 5.26 Å². The van der Waals surface area contributed by atoms with Gasteiger partial charge in [0.15, 0.2) is 0 Å². The molecule has 2 aromatic carbocycles. The van der Waals surface area contributed by atoms with Crippen LogP contribution in [0.1, 0.15) is 77.3 Å². The van der Waals surface area contributed by atoms with Gasteiger partial charge in [-0.15, -0.1) is 0 Å². The van der Waals surface area contributed by atoms with Crippen molar-refractivity contribution in [1.82, 2.24) is 10.2 Å². The van der Waals surface area contributed by atoms with Gasteiger partial charge in [-0.2, -0.15) is 5.26 Å². The van der Waals surface area contributed by atoms with Gasteiger partial charge in [0.25, 0.3) is 0 Å². The minimum Gasteiger partial charge on any atom is -0.371 e. The van der Waals surface area contributed by atoms with Gasteiger partial charge < -0.3 is 10.2 Å². The first kappa shape index (κ1) is 22.9. The van der Waals surface area contributed by atoms with Crippen LogP contribution in [0.5, 0.6) is 0 Å². The summed E-state index contributed by atoms with van der Waals surface area (Å²) in [6.07, 6.45) is 7.70. The molecule has 2 fully saturated rings. The number of hydrogen-bond acceptors (Lipinski definition) is 3. The van der Waals surface area contributed by atoms with Crippen molar-refractivity contribution in [3.05, 3.63) is 89.1 Å². The van der Waals surface area contributed by atoms with Crippen LogP contribution in [-0.4, -0.2) is 30.9 Å². The quantitative estimate of drug-likeness (QED) is 0.438. The Bertz CT molecular complexity index is 1090. The predicted molar refractivity (Wildman–Crippen MR) is 137 cm³/mol. The molecule has 170 valence electrons. The van der Waals surface area contributed by atoms with Gasteiger partial charge in [0, 0.05) is 37.0 Å². The number of likely N-dealkylation sites (tertiary alicyclic amines) is 1. The van der Waals surface area contributed by atoms with E-state index in [-0.39, 0.29) is 0 Å². The standard InChI is InChI=1S/C29H34N4/c1-5-32-29(31-4)28-18-26(20(2)17-27(28)25-7-6-8-25)21(3)33-15-13-24(14-16-33)23-11-9-22(19-30)10-12-23/h5,9-12,17-18,24-25H,1,3,6-8,13-16H2,2,4H3,(H,31,32). The van der Waals surface area contributed by atoms with Crippen LogP contribution in [-0.2, 0) is 0 Å². The third kappa shape index (κ3) is 4.73. The minimum absolute atomic E-state index is 0.537. The van der Waals surface area contributed by atoms with Gasteiger partial charge >= 0.3 is 0 Å². The van der Waals surface area contributed by atoms with Crippen LogP contribution >= 0.6 is 0 Å². The van der Waals surface area contributed by atoms with Crippen molar-refractivity contribution < 1.29 is 0 Å². The van der Waals surface area contributed by atoms with E-state index in [0.29, 0.717) is 11.8 Å². The molecular weight excluding hydrogens is 404 g/mol. The summed E-state index contributed by atoms with van der Waals surface area (Å²) in [6, 6.07) is 14.9. The molecule has 1 saturated carbocycles. The fourth-order valence-electron chi connectivity index (χ4n) is 5.15. The average molecular weight is 439 g/mol. The summed E-state index contributed by atoms with van der Waals surface area (Å²) in [5.74, 6) is 2.03. The predicted octanol–water partition coefficient (Wildman–Crippen LogP) is 6.09. The van der Waals surface area contributed by atoms with E-state index in [2.05, 4.69) is 65.6 Å². The fourth-order valence-corrected chi connectivity index (χ4v) is 5.15. The molecular formula is C29H34N4. The molecule has 0 aromatic heterocycles. The number of hydrogen-bond donors (Lipinski definition) is 1. The molecule has 0 unspecified atom stereocenters. The Kier molecular flexibility index (Phi) is 6.99. The van der Waals surface area contributed by atoms with Gasteiger partial charge in [0.05, 0.1) is 11.6 Å². The van der Waals surface area contributed by atoms with Crippen LogP contribution < -0.4 is 5.32 Å². The molecule has 4 rings (SSSR count). The van der Waals surface area contributed by atoms with Crippen LogP contribution in [0.2, 0.25) is 0 Å². The van der Waals surface area contributed by atoms with Crippen molar-refractivity contribution in [3.63, 3.8) is 0 Å². The van der Waals surface area contributed by atoms with Crippen LogP contribution in [0.3, 0.4) is 0 Å². The van der Waals surface area contributed by atoms with Crippen LogP contribution in [0, 0.1) is 18.3 Å². The molecule has 2 aromatic rings. The topological polar surface area (TPSA) is 51.4 Å². The summed E-state index contributed by atoms with van der Waals surface area (Å²) in [4.78, 5) is 6.95. The Balaban J connectivity index is 1.54. The molecule has 0 spiro atoms. The van der Waals surface area contributed by atoms with Crippen molar-refractivity contribution >= 4 is 11.5 Å². The molecule has 0 amide bonds. The van der Waals surface area contributed by atoms with Gasteiger partial charge in [-0.3, -0.25) is 4.99 Å². The molecule has 2 aliphatic rings. The number of rotatable bonds is 6. The number of benzene rings is 2. The van der Waals surface area contributed by atoms with Crippen molar-refractivity contribution in [2.45, 2.75) is 50.9 Å². The lowest BCUT2D eigenvalue weighted by molar-refractivity contribution is 0.299. The second-order valence-electron chi connectivity index (χ2n) is 9.24. The van der Waals surface area contributed by atoms with Crippen molar-refractivity contribution in [2.24, 2.45) is 4.99 Å². The molecule has 33 heavy (non-hydrogen) atoms. The molecule has 4 heteroatoms. The van der Waals surface area contributed by atoms with E-state index in [0.717, 1.165) is 43.0 Å². The third-order valence-electron chi connectivity index (χ3n) is 7.36. The first-order valence-corrected chi connectivity index (χ1v) is 12.0. The van der Waals surface area contributed by atoms with Crippen LogP contribution in [0.15, 0.2) is 60.7 Å². The highest BCUT2D eigenvalue weighted by Crippen LogP contribution is 2.40. The molecule has 1 heterocycles. The monoisotopic (exact) mass is 438 g/mol. The fraction of sp³-hybridized carbons (Fsp3) is 0.379. The molecule has 0 radical (unpaired) electrons. The Labute approximate surface area is 198 Å². The highest BCUT2D eigenvalue weighted by atomic mass is 15.1. The largest absolute Gasteiger partial charge is 0.371 e. The highest BCUT2D eigenvalue weighted by molar-refractivity contribution is 6.01. The maximum atomic E-state index is 9.05. The van der Waals surface area contributed by atoms with Crippen LogP contribution in [0.4, 0.5) is 0 Å². The minimum atomic E-state index is 0.537. The Morgan fingerprint density at radius 2 is 1.79 bits per heavy atom. The number of nitrogens with one attached hydrogen (secondary N) is 1. The zero-order valence-corrected chi connectivity index (χ0v) is 19.9. The molecule has 0 atom stereocenters. The van der Waals surface area contributed by atoms with Gasteiger partial charge in [-0.1, -0.05) is 37.8 Å². The lowest BCUT2D eigenvalue weighted by Crippen LogP contribution is -2.32. The first-order chi connectivity index (χ1) is 16.0. The second-order valence-corrected chi connectivity index (χ2v) is 9.24.